The first kappa shape index (κ1) is 26.1. The highest BCUT2D eigenvalue weighted by Gasteiger charge is 2.11. The number of rotatable bonds is 11. The maximum absolute atomic E-state index is 14.4. The molecule has 10 heteroatoms. The molecule has 0 radical (unpaired) electrons. The molecule has 1 fully saturated rings. The minimum Gasteiger partial charge on any atom is -0.492 e. The van der Waals surface area contributed by atoms with E-state index in [4.69, 9.17) is 9.47 Å². The summed E-state index contributed by atoms with van der Waals surface area (Å²) in [6.45, 7) is 8.70. The Morgan fingerprint density at radius 2 is 1.97 bits per heavy atom. The van der Waals surface area contributed by atoms with E-state index in [-0.39, 0.29) is 17.7 Å². The molecule has 0 bridgehead atoms. The van der Waals surface area contributed by atoms with Crippen molar-refractivity contribution < 1.29 is 18.7 Å². The summed E-state index contributed by atoms with van der Waals surface area (Å²) in [6, 6.07) is 14.8. The molecule has 0 saturated carbocycles. The fourth-order valence-corrected chi connectivity index (χ4v) is 3.76. The van der Waals surface area contributed by atoms with Crippen molar-refractivity contribution >= 4 is 29.0 Å². The summed E-state index contributed by atoms with van der Waals surface area (Å²) in [5.41, 5.74) is 2.31. The molecule has 0 unspecified atom stereocenters. The van der Waals surface area contributed by atoms with Gasteiger partial charge in [-0.1, -0.05) is 24.8 Å². The van der Waals surface area contributed by atoms with Gasteiger partial charge in [0.25, 0.3) is 0 Å². The minimum absolute atomic E-state index is 0.0436. The number of nitrogens with one attached hydrogen (secondary N) is 2. The summed E-state index contributed by atoms with van der Waals surface area (Å²) < 4.78 is 25.7. The maximum atomic E-state index is 14.4. The Labute approximate surface area is 215 Å². The first-order valence-corrected chi connectivity index (χ1v) is 12.1. The van der Waals surface area contributed by atoms with Gasteiger partial charge in [0.15, 0.2) is 11.6 Å². The Morgan fingerprint density at radius 3 is 2.73 bits per heavy atom. The van der Waals surface area contributed by atoms with Gasteiger partial charge in [0.05, 0.1) is 19.4 Å². The normalized spacial score (nSPS) is 13.6. The third-order valence-electron chi connectivity index (χ3n) is 5.80. The maximum Gasteiger partial charge on any atom is 0.245 e. The summed E-state index contributed by atoms with van der Waals surface area (Å²) in [6.07, 6.45) is 2.39. The van der Waals surface area contributed by atoms with Gasteiger partial charge < -0.3 is 25.0 Å². The monoisotopic (exact) mass is 506 g/mol. The van der Waals surface area contributed by atoms with Crippen molar-refractivity contribution in [1.82, 2.24) is 19.8 Å². The number of likely N-dealkylation sites (N-methyl/N-ethyl adjacent to an activating group) is 1. The largest absolute Gasteiger partial charge is 0.492 e. The van der Waals surface area contributed by atoms with E-state index in [1.54, 1.807) is 24.1 Å². The van der Waals surface area contributed by atoms with Gasteiger partial charge in [0.2, 0.25) is 11.9 Å². The van der Waals surface area contributed by atoms with Crippen LogP contribution >= 0.6 is 0 Å². The Balaban J connectivity index is 1.34. The molecule has 0 atom stereocenters. The smallest absolute Gasteiger partial charge is 0.245 e. The van der Waals surface area contributed by atoms with E-state index in [2.05, 4.69) is 32.1 Å². The number of hydrogen-bond acceptors (Lipinski definition) is 8. The third kappa shape index (κ3) is 7.73. The molecule has 2 aromatic carbocycles. The average molecular weight is 507 g/mol. The van der Waals surface area contributed by atoms with Gasteiger partial charge in [-0.25, -0.2) is 9.37 Å². The molecule has 3 aromatic rings. The van der Waals surface area contributed by atoms with Crippen molar-refractivity contribution in [3.63, 3.8) is 0 Å². The van der Waals surface area contributed by atoms with Crippen molar-refractivity contribution in [3.05, 3.63) is 78.8 Å². The van der Waals surface area contributed by atoms with Crippen LogP contribution in [0.2, 0.25) is 0 Å². The van der Waals surface area contributed by atoms with Crippen LogP contribution in [0.25, 0.3) is 0 Å². The molecule has 37 heavy (non-hydrogen) atoms. The van der Waals surface area contributed by atoms with E-state index in [9.17, 15) is 9.18 Å². The number of benzene rings is 2. The molecule has 9 nitrogen and oxygen atoms in total. The number of carbonyl (C=O) groups excluding carboxylic acids is 1. The zero-order valence-electron chi connectivity index (χ0n) is 20.8. The van der Waals surface area contributed by atoms with E-state index in [0.29, 0.717) is 18.8 Å². The third-order valence-corrected chi connectivity index (χ3v) is 5.80. The number of ether oxygens (including phenoxy) is 2. The van der Waals surface area contributed by atoms with Crippen LogP contribution in [0.4, 0.5) is 27.5 Å². The van der Waals surface area contributed by atoms with Gasteiger partial charge in [-0.05, 0) is 35.9 Å². The van der Waals surface area contributed by atoms with Crippen LogP contribution in [0.5, 0.6) is 5.75 Å². The molecule has 2 heterocycles. The van der Waals surface area contributed by atoms with Crippen molar-refractivity contribution in [2.75, 3.05) is 57.1 Å². The topological polar surface area (TPSA) is 91.9 Å². The predicted octanol–water partition coefficient (Wildman–Crippen LogP) is 3.96. The quantitative estimate of drug-likeness (QED) is 0.378. The Kier molecular flexibility index (Phi) is 9.01. The van der Waals surface area contributed by atoms with Gasteiger partial charge in [0.1, 0.15) is 12.4 Å². The lowest BCUT2D eigenvalue weighted by Gasteiger charge is -2.26. The van der Waals surface area contributed by atoms with E-state index < -0.39 is 5.82 Å². The van der Waals surface area contributed by atoms with E-state index in [1.165, 1.54) is 6.08 Å². The molecule has 1 aromatic heterocycles. The lowest BCUT2D eigenvalue weighted by Crippen LogP contribution is -2.38. The van der Waals surface area contributed by atoms with Crippen LogP contribution in [-0.2, 0) is 16.1 Å². The summed E-state index contributed by atoms with van der Waals surface area (Å²) >= 11 is 0. The molecule has 0 spiro atoms. The Morgan fingerprint density at radius 1 is 1.19 bits per heavy atom. The highest BCUT2D eigenvalue weighted by molar-refractivity contribution is 5.86. The van der Waals surface area contributed by atoms with Crippen molar-refractivity contribution in [2.24, 2.45) is 0 Å². The molecule has 1 aliphatic heterocycles. The molecule has 1 saturated heterocycles. The van der Waals surface area contributed by atoms with Gasteiger partial charge in [-0.2, -0.15) is 4.98 Å². The zero-order valence-corrected chi connectivity index (χ0v) is 20.8. The SMILES string of the molecule is C=CC(=O)N(C)Cc1ccc(Nc2nc(Nc3cccc(OCCN4CCOCC4)c3)ncc2F)cc1. The number of anilines is 4. The fraction of sp³-hybridized carbons (Fsp3) is 0.296. The van der Waals surface area contributed by atoms with E-state index in [1.807, 2.05) is 36.4 Å². The van der Waals surface area contributed by atoms with E-state index in [0.717, 1.165) is 56.0 Å². The number of amides is 1. The lowest BCUT2D eigenvalue weighted by molar-refractivity contribution is -0.125. The molecular formula is C27H31FN6O3. The van der Waals surface area contributed by atoms with Crippen LogP contribution in [0.3, 0.4) is 0 Å². The average Bonchev–Trinajstić information content (AvgIpc) is 2.92. The first-order valence-electron chi connectivity index (χ1n) is 12.1. The molecule has 4 rings (SSSR count). The second kappa shape index (κ2) is 12.8. The van der Waals surface area contributed by atoms with Crippen molar-refractivity contribution in [1.29, 1.82) is 0 Å². The lowest BCUT2D eigenvalue weighted by atomic mass is 10.2. The van der Waals surface area contributed by atoms with Gasteiger partial charge in [-0.3, -0.25) is 9.69 Å². The van der Waals surface area contributed by atoms with Gasteiger partial charge >= 0.3 is 0 Å². The first-order chi connectivity index (χ1) is 18.0. The standard InChI is InChI=1S/C27H31FN6O3/c1-3-25(35)33(2)19-20-7-9-21(10-8-20)30-26-24(28)18-29-27(32-26)31-22-5-4-6-23(17-22)37-16-13-34-11-14-36-15-12-34/h3-10,17-18H,1,11-16,19H2,2H3,(H2,29,30,31,32). The highest BCUT2D eigenvalue weighted by atomic mass is 19.1. The zero-order chi connectivity index (χ0) is 26.0. The Bertz CT molecular complexity index is 1200. The van der Waals surface area contributed by atoms with Crippen molar-refractivity contribution in [2.45, 2.75) is 6.54 Å². The number of aromatic nitrogens is 2. The highest BCUT2D eigenvalue weighted by Crippen LogP contribution is 2.23. The number of hydrogen-bond donors (Lipinski definition) is 2. The molecule has 2 N–H and O–H groups in total. The number of carbonyl (C=O) groups is 1. The summed E-state index contributed by atoms with van der Waals surface area (Å²) in [7, 11) is 1.70. The molecule has 0 aliphatic carbocycles. The van der Waals surface area contributed by atoms with Gasteiger partial charge in [-0.15, -0.1) is 0 Å². The van der Waals surface area contributed by atoms with Crippen LogP contribution in [0.15, 0.2) is 67.4 Å². The Hall–Kier alpha value is -4.02. The number of halogens is 1. The summed E-state index contributed by atoms with van der Waals surface area (Å²) in [4.78, 5) is 23.9. The predicted molar refractivity (Wildman–Crippen MR) is 141 cm³/mol. The minimum atomic E-state index is -0.578. The number of morpholine rings is 1. The summed E-state index contributed by atoms with van der Waals surface area (Å²) in [5.74, 6) is 0.276. The van der Waals surface area contributed by atoms with Gasteiger partial charge in [0, 0.05) is 50.7 Å². The van der Waals surface area contributed by atoms with Crippen LogP contribution in [-0.4, -0.2) is 72.2 Å². The number of nitrogens with zero attached hydrogens (tertiary/aromatic N) is 4. The molecule has 194 valence electrons. The van der Waals surface area contributed by atoms with Crippen LogP contribution < -0.4 is 15.4 Å². The van der Waals surface area contributed by atoms with E-state index >= 15 is 0 Å². The van der Waals surface area contributed by atoms with Crippen molar-refractivity contribution in [3.8, 4) is 5.75 Å². The molecular weight excluding hydrogens is 475 g/mol. The molecule has 1 amide bonds. The van der Waals surface area contributed by atoms with Crippen LogP contribution in [0, 0.1) is 5.82 Å². The van der Waals surface area contributed by atoms with Crippen LogP contribution in [0.1, 0.15) is 5.56 Å². The second-order valence-corrected chi connectivity index (χ2v) is 8.57. The molecule has 1 aliphatic rings. The second-order valence-electron chi connectivity index (χ2n) is 8.57. The fourth-order valence-electron chi connectivity index (χ4n) is 3.76. The summed E-state index contributed by atoms with van der Waals surface area (Å²) in [5, 5.41) is 6.09.